The van der Waals surface area contributed by atoms with E-state index in [-0.39, 0.29) is 5.82 Å². The van der Waals surface area contributed by atoms with Crippen molar-refractivity contribution < 1.29 is 9.13 Å². The molecule has 6 heteroatoms. The summed E-state index contributed by atoms with van der Waals surface area (Å²) in [6.07, 6.45) is 0.930. The molecule has 0 bridgehead atoms. The van der Waals surface area contributed by atoms with Gasteiger partial charge in [-0.1, -0.05) is 48.5 Å². The minimum absolute atomic E-state index is 0.308. The molecule has 5 nitrogen and oxygen atoms in total. The molecule has 2 heterocycles. The van der Waals surface area contributed by atoms with Gasteiger partial charge in [-0.3, -0.25) is 9.89 Å². The number of benzene rings is 3. The number of amidine groups is 1. The number of nitrogens with two attached hydrogens (primary N) is 1. The van der Waals surface area contributed by atoms with Crippen LogP contribution in [0.3, 0.4) is 0 Å². The van der Waals surface area contributed by atoms with Crippen LogP contribution in [0.25, 0.3) is 11.1 Å². The highest BCUT2D eigenvalue weighted by Gasteiger charge is 2.49. The Morgan fingerprint density at radius 1 is 1.00 bits per heavy atom. The quantitative estimate of drug-likeness (QED) is 0.697. The van der Waals surface area contributed by atoms with E-state index in [2.05, 4.69) is 0 Å². The van der Waals surface area contributed by atoms with E-state index in [1.807, 2.05) is 59.5 Å². The molecule has 3 aromatic carbocycles. The summed E-state index contributed by atoms with van der Waals surface area (Å²) >= 11 is 0. The lowest BCUT2D eigenvalue weighted by molar-refractivity contribution is 0.414. The Balaban J connectivity index is 1.73. The van der Waals surface area contributed by atoms with Gasteiger partial charge in [0.1, 0.15) is 17.4 Å². The topological polar surface area (TPSA) is 63.2 Å². The fourth-order valence-electron chi connectivity index (χ4n) is 4.42. The molecule has 0 saturated heterocycles. The second-order valence-corrected chi connectivity index (χ2v) is 7.68. The van der Waals surface area contributed by atoms with Crippen molar-refractivity contribution in [3.63, 3.8) is 0 Å². The average molecular weight is 414 g/mol. The van der Waals surface area contributed by atoms with Gasteiger partial charge >= 0.3 is 0 Å². The van der Waals surface area contributed by atoms with Gasteiger partial charge in [-0.2, -0.15) is 0 Å². The van der Waals surface area contributed by atoms with Crippen molar-refractivity contribution >= 4 is 11.8 Å². The molecular formula is C25H23FN4O. The highest BCUT2D eigenvalue weighted by Crippen LogP contribution is 2.42. The molecule has 2 aliphatic rings. The van der Waals surface area contributed by atoms with E-state index in [1.54, 1.807) is 19.2 Å². The molecule has 1 unspecified atom stereocenters. The van der Waals surface area contributed by atoms with Crippen molar-refractivity contribution in [3.8, 4) is 16.9 Å². The van der Waals surface area contributed by atoms with Gasteiger partial charge in [-0.15, -0.1) is 0 Å². The third-order valence-corrected chi connectivity index (χ3v) is 5.90. The number of rotatable bonds is 4. The van der Waals surface area contributed by atoms with Crippen LogP contribution in [0.5, 0.6) is 5.75 Å². The van der Waals surface area contributed by atoms with Crippen LogP contribution >= 0.6 is 0 Å². The number of fused-ring (bicyclic) bond motifs is 1. The Morgan fingerprint density at radius 3 is 2.61 bits per heavy atom. The van der Waals surface area contributed by atoms with Crippen molar-refractivity contribution in [2.45, 2.75) is 12.0 Å². The number of ether oxygens (including phenoxy) is 1. The minimum atomic E-state index is -0.864. The summed E-state index contributed by atoms with van der Waals surface area (Å²) in [5.41, 5.74) is 8.59. The summed E-state index contributed by atoms with van der Waals surface area (Å²) in [6.45, 7) is 1.51. The molecule has 0 amide bonds. The predicted octanol–water partition coefficient (Wildman–Crippen LogP) is 4.18. The third-order valence-electron chi connectivity index (χ3n) is 5.90. The summed E-state index contributed by atoms with van der Waals surface area (Å²) in [4.78, 5) is 11.8. The highest BCUT2D eigenvalue weighted by atomic mass is 19.1. The molecule has 1 atom stereocenters. The molecular weight excluding hydrogens is 391 g/mol. The van der Waals surface area contributed by atoms with Gasteiger partial charge in [-0.05, 0) is 47.4 Å². The van der Waals surface area contributed by atoms with Crippen LogP contribution in [-0.4, -0.2) is 36.9 Å². The van der Waals surface area contributed by atoms with E-state index in [4.69, 9.17) is 20.5 Å². The average Bonchev–Trinajstić information content (AvgIpc) is 3.14. The van der Waals surface area contributed by atoms with Crippen LogP contribution in [-0.2, 0) is 5.54 Å². The second-order valence-electron chi connectivity index (χ2n) is 7.68. The van der Waals surface area contributed by atoms with Gasteiger partial charge in [0.15, 0.2) is 11.5 Å². The molecule has 31 heavy (non-hydrogen) atoms. The lowest BCUT2D eigenvalue weighted by Gasteiger charge is -2.33. The largest absolute Gasteiger partial charge is 0.497 e. The minimum Gasteiger partial charge on any atom is -0.497 e. The number of methoxy groups -OCH3 is 1. The van der Waals surface area contributed by atoms with Crippen molar-refractivity contribution in [1.82, 2.24) is 4.90 Å². The predicted molar refractivity (Wildman–Crippen MR) is 121 cm³/mol. The fourth-order valence-corrected chi connectivity index (χ4v) is 4.42. The number of guanidine groups is 1. The summed E-state index contributed by atoms with van der Waals surface area (Å²) in [5.74, 6) is 1.58. The van der Waals surface area contributed by atoms with Crippen molar-refractivity contribution in [2.75, 3.05) is 20.2 Å². The van der Waals surface area contributed by atoms with Gasteiger partial charge in [0, 0.05) is 18.7 Å². The van der Waals surface area contributed by atoms with Crippen molar-refractivity contribution in [3.05, 3.63) is 89.7 Å². The maximum atomic E-state index is 14.7. The third kappa shape index (κ3) is 3.06. The van der Waals surface area contributed by atoms with Gasteiger partial charge in [0.2, 0.25) is 0 Å². The zero-order chi connectivity index (χ0) is 21.4. The molecule has 0 aliphatic carbocycles. The van der Waals surface area contributed by atoms with Crippen LogP contribution in [0, 0.1) is 5.82 Å². The summed E-state index contributed by atoms with van der Waals surface area (Å²) < 4.78 is 20.0. The van der Waals surface area contributed by atoms with Gasteiger partial charge < -0.3 is 10.5 Å². The molecule has 2 aliphatic heterocycles. The first-order chi connectivity index (χ1) is 15.1. The number of nitrogens with zero attached hydrogens (tertiary/aromatic N) is 3. The lowest BCUT2D eigenvalue weighted by atomic mass is 9.81. The molecule has 0 saturated carbocycles. The summed E-state index contributed by atoms with van der Waals surface area (Å²) in [5, 5.41) is 0. The normalized spacial score (nSPS) is 20.1. The first kappa shape index (κ1) is 19.3. The Labute approximate surface area is 180 Å². The Morgan fingerprint density at radius 2 is 1.81 bits per heavy atom. The monoisotopic (exact) mass is 414 g/mol. The molecule has 156 valence electrons. The maximum Gasteiger partial charge on any atom is 0.198 e. The second kappa shape index (κ2) is 7.54. The summed E-state index contributed by atoms with van der Waals surface area (Å²) in [6, 6.07) is 22.6. The molecule has 0 fully saturated rings. The van der Waals surface area contributed by atoms with E-state index < -0.39 is 5.54 Å². The first-order valence-electron chi connectivity index (χ1n) is 10.3. The lowest BCUT2D eigenvalue weighted by Crippen LogP contribution is -2.46. The van der Waals surface area contributed by atoms with Crippen LogP contribution in [0.1, 0.15) is 17.5 Å². The van der Waals surface area contributed by atoms with E-state index in [9.17, 15) is 4.39 Å². The number of halogens is 1. The van der Waals surface area contributed by atoms with Crippen molar-refractivity contribution in [1.29, 1.82) is 0 Å². The van der Waals surface area contributed by atoms with E-state index >= 15 is 0 Å². The maximum absolute atomic E-state index is 14.7. The molecule has 0 aromatic heterocycles. The Kier molecular flexibility index (Phi) is 4.70. The fraction of sp³-hybridized carbons (Fsp3) is 0.200. The molecule has 5 rings (SSSR count). The molecule has 0 radical (unpaired) electrons. The number of hydrogen-bond donors (Lipinski definition) is 1. The number of hydrogen-bond acceptors (Lipinski definition) is 5. The summed E-state index contributed by atoms with van der Waals surface area (Å²) in [7, 11) is 1.57. The van der Waals surface area contributed by atoms with E-state index in [1.165, 1.54) is 6.07 Å². The SMILES string of the molecule is COc1ccc(F)c(-c2cccc(C3(c4ccccc4)N=C(N)N4CCCN=C43)c2)c1. The smallest absolute Gasteiger partial charge is 0.198 e. The first-order valence-corrected chi connectivity index (χ1v) is 10.3. The zero-order valence-corrected chi connectivity index (χ0v) is 17.3. The Bertz CT molecular complexity index is 1190. The van der Waals surface area contributed by atoms with E-state index in [0.29, 0.717) is 17.3 Å². The molecule has 3 aromatic rings. The Hall–Kier alpha value is -3.67. The van der Waals surface area contributed by atoms with Crippen molar-refractivity contribution in [2.24, 2.45) is 15.7 Å². The van der Waals surface area contributed by atoms with Crippen LogP contribution in [0.2, 0.25) is 0 Å². The van der Waals surface area contributed by atoms with Gasteiger partial charge in [0.25, 0.3) is 0 Å². The number of aliphatic imine (C=N–C) groups is 2. The standard InChI is InChI=1S/C25H23FN4O/c1-31-20-11-12-22(26)21(16-20)17-7-5-10-19(15-17)25(18-8-3-2-4-9-18)23-28-13-6-14-30(23)24(27)29-25/h2-5,7-12,15-16H,6,13-14H2,1H3,(H2,27,29). The van der Waals surface area contributed by atoms with Crippen LogP contribution < -0.4 is 10.5 Å². The molecule has 0 spiro atoms. The van der Waals surface area contributed by atoms with Gasteiger partial charge in [-0.25, -0.2) is 9.38 Å². The zero-order valence-electron chi connectivity index (χ0n) is 17.3. The van der Waals surface area contributed by atoms with Crippen LogP contribution in [0.15, 0.2) is 82.8 Å². The van der Waals surface area contributed by atoms with Crippen LogP contribution in [0.4, 0.5) is 4.39 Å². The highest BCUT2D eigenvalue weighted by molar-refractivity contribution is 6.12. The molecule has 2 N–H and O–H groups in total. The van der Waals surface area contributed by atoms with Gasteiger partial charge in [0.05, 0.1) is 7.11 Å². The van der Waals surface area contributed by atoms with E-state index in [0.717, 1.165) is 42.0 Å².